The number of benzene rings is 1. The Bertz CT molecular complexity index is 664. The summed E-state index contributed by atoms with van der Waals surface area (Å²) in [4.78, 5) is 16.3. The maximum atomic E-state index is 12.1. The smallest absolute Gasteiger partial charge is 0.266 e. The molecule has 21 heavy (non-hydrogen) atoms. The summed E-state index contributed by atoms with van der Waals surface area (Å²) in [5.41, 5.74) is 0.868. The number of halogens is 2. The second-order valence-corrected chi connectivity index (χ2v) is 5.88. The summed E-state index contributed by atoms with van der Waals surface area (Å²) in [6, 6.07) is 8.80. The molecule has 110 valence electrons. The molecule has 0 bridgehead atoms. The molecule has 2 rings (SSSR count). The first-order chi connectivity index (χ1) is 9.95. The topological polar surface area (TPSA) is 51.2 Å². The minimum Gasteiger partial charge on any atom is -0.481 e. The van der Waals surface area contributed by atoms with E-state index in [2.05, 4.69) is 26.2 Å². The van der Waals surface area contributed by atoms with Crippen molar-refractivity contribution in [1.29, 1.82) is 0 Å². The van der Waals surface area contributed by atoms with Crippen LogP contribution >= 0.6 is 27.5 Å². The molecular formula is C15H14BrClN2O2. The largest absolute Gasteiger partial charge is 0.481 e. The fourth-order valence-electron chi connectivity index (χ4n) is 1.69. The molecule has 2 aromatic rings. The second kappa shape index (κ2) is 6.91. The lowest BCUT2D eigenvalue weighted by Gasteiger charge is -2.15. The van der Waals surface area contributed by atoms with Gasteiger partial charge in [0.2, 0.25) is 0 Å². The first-order valence-electron chi connectivity index (χ1n) is 6.31. The summed E-state index contributed by atoms with van der Waals surface area (Å²) in [6.07, 6.45) is 0.971. The summed E-state index contributed by atoms with van der Waals surface area (Å²) in [7, 11) is 0. The van der Waals surface area contributed by atoms with Crippen LogP contribution in [0.3, 0.4) is 0 Å². The van der Waals surface area contributed by atoms with E-state index in [0.29, 0.717) is 16.6 Å². The van der Waals surface area contributed by atoms with Crippen molar-refractivity contribution in [3.05, 3.63) is 51.6 Å². The van der Waals surface area contributed by atoms with Gasteiger partial charge in [-0.25, -0.2) is 4.98 Å². The van der Waals surface area contributed by atoms with Crippen LogP contribution < -0.4 is 10.1 Å². The molecule has 0 aliphatic carbocycles. The minimum absolute atomic E-state index is 0.270. The second-order valence-electron chi connectivity index (χ2n) is 4.53. The Hall–Kier alpha value is -1.59. The number of hydrogen-bond donors (Lipinski definition) is 1. The maximum Gasteiger partial charge on any atom is 0.266 e. The molecule has 0 aliphatic heterocycles. The minimum atomic E-state index is -0.659. The van der Waals surface area contributed by atoms with Gasteiger partial charge < -0.3 is 10.1 Å². The van der Waals surface area contributed by atoms with Crippen LogP contribution in [0.4, 0.5) is 5.82 Å². The fraction of sp³-hybridized carbons (Fsp3) is 0.200. The van der Waals surface area contributed by atoms with Crippen molar-refractivity contribution in [3.63, 3.8) is 0 Å². The zero-order valence-corrected chi connectivity index (χ0v) is 13.9. The predicted molar refractivity (Wildman–Crippen MR) is 86.8 cm³/mol. The number of pyridine rings is 1. The van der Waals surface area contributed by atoms with E-state index in [0.717, 1.165) is 10.0 Å². The molecule has 1 heterocycles. The van der Waals surface area contributed by atoms with Crippen molar-refractivity contribution in [2.24, 2.45) is 0 Å². The van der Waals surface area contributed by atoms with E-state index in [1.807, 2.05) is 13.0 Å². The van der Waals surface area contributed by atoms with Gasteiger partial charge in [-0.3, -0.25) is 4.79 Å². The van der Waals surface area contributed by atoms with E-state index in [-0.39, 0.29) is 5.91 Å². The zero-order valence-electron chi connectivity index (χ0n) is 11.6. The van der Waals surface area contributed by atoms with Crippen LogP contribution in [-0.4, -0.2) is 17.0 Å². The molecule has 1 amide bonds. The molecule has 0 radical (unpaired) electrons. The maximum absolute atomic E-state index is 12.1. The van der Waals surface area contributed by atoms with Crippen LogP contribution in [0.5, 0.6) is 5.75 Å². The van der Waals surface area contributed by atoms with Gasteiger partial charge in [0, 0.05) is 15.7 Å². The van der Waals surface area contributed by atoms with Crippen molar-refractivity contribution in [2.45, 2.75) is 20.0 Å². The third-order valence-corrected chi connectivity index (χ3v) is 3.43. The van der Waals surface area contributed by atoms with Gasteiger partial charge in [0.1, 0.15) is 11.6 Å². The lowest BCUT2D eigenvalue weighted by Crippen LogP contribution is -2.30. The average Bonchev–Trinajstić information content (AvgIpc) is 2.41. The third kappa shape index (κ3) is 4.44. The van der Waals surface area contributed by atoms with Crippen molar-refractivity contribution in [1.82, 2.24) is 4.98 Å². The molecule has 4 nitrogen and oxygen atoms in total. The van der Waals surface area contributed by atoms with Gasteiger partial charge in [0.15, 0.2) is 6.10 Å². The summed E-state index contributed by atoms with van der Waals surface area (Å²) >= 11 is 9.21. The van der Waals surface area contributed by atoms with E-state index in [1.54, 1.807) is 37.4 Å². The summed E-state index contributed by atoms with van der Waals surface area (Å²) in [5.74, 6) is 0.795. The fourth-order valence-corrected chi connectivity index (χ4v) is 2.31. The lowest BCUT2D eigenvalue weighted by molar-refractivity contribution is -0.122. The highest BCUT2D eigenvalue weighted by Gasteiger charge is 2.16. The molecule has 0 saturated heterocycles. The van der Waals surface area contributed by atoms with Gasteiger partial charge in [0.05, 0.1) is 0 Å². The Morgan fingerprint density at radius 2 is 2.19 bits per heavy atom. The predicted octanol–water partition coefficient (Wildman–Crippen LogP) is 4.21. The summed E-state index contributed by atoms with van der Waals surface area (Å²) in [5, 5.41) is 3.30. The molecule has 6 heteroatoms. The quantitative estimate of drug-likeness (QED) is 0.878. The number of nitrogens with zero attached hydrogens (tertiary/aromatic N) is 1. The number of aromatic nitrogens is 1. The number of hydrogen-bond acceptors (Lipinski definition) is 3. The van der Waals surface area contributed by atoms with Crippen LogP contribution in [0, 0.1) is 6.92 Å². The highest BCUT2D eigenvalue weighted by atomic mass is 79.9. The Morgan fingerprint density at radius 1 is 1.43 bits per heavy atom. The van der Waals surface area contributed by atoms with Crippen LogP contribution in [0.2, 0.25) is 5.02 Å². The standard InChI is InChI=1S/C15H14BrClN2O2/c1-9-6-11(16)8-18-14(9)19-15(20)10(2)21-13-5-3-4-12(17)7-13/h3-8,10H,1-2H3,(H,18,19,20). The number of amides is 1. The number of rotatable bonds is 4. The lowest BCUT2D eigenvalue weighted by atomic mass is 10.2. The number of nitrogens with one attached hydrogen (secondary N) is 1. The van der Waals surface area contributed by atoms with Crippen molar-refractivity contribution in [2.75, 3.05) is 5.32 Å². The monoisotopic (exact) mass is 368 g/mol. The van der Waals surface area contributed by atoms with Crippen LogP contribution in [-0.2, 0) is 4.79 Å². The number of aryl methyl sites for hydroxylation is 1. The van der Waals surface area contributed by atoms with Gasteiger partial charge in [0.25, 0.3) is 5.91 Å². The Kier molecular flexibility index (Phi) is 5.20. The Balaban J connectivity index is 2.02. The van der Waals surface area contributed by atoms with Crippen molar-refractivity contribution < 1.29 is 9.53 Å². The zero-order chi connectivity index (χ0) is 15.4. The SMILES string of the molecule is Cc1cc(Br)cnc1NC(=O)C(C)Oc1cccc(Cl)c1. The number of carbonyl (C=O) groups is 1. The molecular weight excluding hydrogens is 356 g/mol. The average molecular weight is 370 g/mol. The first-order valence-corrected chi connectivity index (χ1v) is 7.48. The normalized spacial score (nSPS) is 11.8. The molecule has 1 aromatic heterocycles. The van der Waals surface area contributed by atoms with Crippen LogP contribution in [0.1, 0.15) is 12.5 Å². The molecule has 0 aliphatic rings. The number of anilines is 1. The summed E-state index contributed by atoms with van der Waals surface area (Å²) in [6.45, 7) is 3.54. The van der Waals surface area contributed by atoms with Gasteiger partial charge in [-0.2, -0.15) is 0 Å². The molecule has 1 N–H and O–H groups in total. The van der Waals surface area contributed by atoms with E-state index < -0.39 is 6.10 Å². The molecule has 1 atom stereocenters. The third-order valence-electron chi connectivity index (χ3n) is 2.76. The molecule has 1 aromatic carbocycles. The highest BCUT2D eigenvalue weighted by Crippen LogP contribution is 2.20. The molecule has 0 spiro atoms. The van der Waals surface area contributed by atoms with Gasteiger partial charge in [-0.1, -0.05) is 17.7 Å². The highest BCUT2D eigenvalue weighted by molar-refractivity contribution is 9.10. The van der Waals surface area contributed by atoms with Crippen molar-refractivity contribution in [3.8, 4) is 5.75 Å². The number of carbonyl (C=O) groups excluding carboxylic acids is 1. The van der Waals surface area contributed by atoms with Gasteiger partial charge >= 0.3 is 0 Å². The van der Waals surface area contributed by atoms with Crippen molar-refractivity contribution >= 4 is 39.3 Å². The van der Waals surface area contributed by atoms with E-state index >= 15 is 0 Å². The van der Waals surface area contributed by atoms with Crippen LogP contribution in [0.25, 0.3) is 0 Å². The molecule has 0 saturated carbocycles. The van der Waals surface area contributed by atoms with E-state index in [1.165, 1.54) is 0 Å². The summed E-state index contributed by atoms with van der Waals surface area (Å²) < 4.78 is 6.42. The van der Waals surface area contributed by atoms with E-state index in [4.69, 9.17) is 16.3 Å². The molecule has 1 unspecified atom stereocenters. The Labute approximate surface area is 136 Å². The first kappa shape index (κ1) is 15.8. The number of ether oxygens (including phenoxy) is 1. The van der Waals surface area contributed by atoms with E-state index in [9.17, 15) is 4.79 Å². The van der Waals surface area contributed by atoms with Gasteiger partial charge in [-0.15, -0.1) is 0 Å². The molecule has 0 fully saturated rings. The van der Waals surface area contributed by atoms with Gasteiger partial charge in [-0.05, 0) is 59.6 Å². The van der Waals surface area contributed by atoms with Crippen LogP contribution in [0.15, 0.2) is 41.0 Å². The Morgan fingerprint density at radius 3 is 2.86 bits per heavy atom.